The Morgan fingerprint density at radius 2 is 1.78 bits per heavy atom. The molecule has 32 heavy (non-hydrogen) atoms. The zero-order chi connectivity index (χ0) is 22.2. The fourth-order valence-electron chi connectivity index (χ4n) is 4.67. The number of carbonyl (C=O) groups is 1. The van der Waals surface area contributed by atoms with Gasteiger partial charge in [-0.3, -0.25) is 4.79 Å². The van der Waals surface area contributed by atoms with Crippen molar-refractivity contribution in [3.8, 4) is 0 Å². The van der Waals surface area contributed by atoms with Gasteiger partial charge in [0.15, 0.2) is 0 Å². The summed E-state index contributed by atoms with van der Waals surface area (Å²) in [4.78, 5) is 14.7. The molecule has 1 atom stereocenters. The van der Waals surface area contributed by atoms with Crippen LogP contribution < -0.4 is 0 Å². The predicted molar refractivity (Wildman–Crippen MR) is 124 cm³/mol. The van der Waals surface area contributed by atoms with E-state index in [1.54, 1.807) is 0 Å². The van der Waals surface area contributed by atoms with E-state index in [1.165, 1.54) is 11.1 Å². The van der Waals surface area contributed by atoms with Gasteiger partial charge in [0, 0.05) is 26.1 Å². The first kappa shape index (κ1) is 23.0. The Hall–Kier alpha value is -2.21. The van der Waals surface area contributed by atoms with Crippen LogP contribution in [0.15, 0.2) is 54.6 Å². The number of piperidine rings is 1. The van der Waals surface area contributed by atoms with Crippen molar-refractivity contribution in [2.75, 3.05) is 32.9 Å². The van der Waals surface area contributed by atoms with Gasteiger partial charge in [-0.05, 0) is 37.3 Å². The van der Waals surface area contributed by atoms with Gasteiger partial charge in [0.2, 0.25) is 5.91 Å². The number of hydrogen-bond donors (Lipinski definition) is 0. The van der Waals surface area contributed by atoms with E-state index in [1.807, 2.05) is 23.1 Å². The standard InChI is InChI=1S/C27H35NO4/c1-22-7-9-23(10-8-22)19-26(29)28-14-12-27(13-15-28)20-25(11-16-32-27)31-18-17-30-21-24-5-3-2-4-6-24/h2-10,25H,11-21H2,1H3. The lowest BCUT2D eigenvalue weighted by molar-refractivity contribution is -0.163. The average molecular weight is 438 g/mol. The van der Waals surface area contributed by atoms with E-state index in [-0.39, 0.29) is 17.6 Å². The molecule has 172 valence electrons. The Bertz CT molecular complexity index is 844. The second kappa shape index (κ2) is 11.1. The lowest BCUT2D eigenvalue weighted by Gasteiger charge is -2.46. The number of benzene rings is 2. The lowest BCUT2D eigenvalue weighted by atomic mass is 9.83. The topological polar surface area (TPSA) is 48.0 Å². The van der Waals surface area contributed by atoms with Gasteiger partial charge in [-0.25, -0.2) is 0 Å². The number of ether oxygens (including phenoxy) is 3. The van der Waals surface area contributed by atoms with E-state index in [4.69, 9.17) is 14.2 Å². The molecule has 5 heteroatoms. The summed E-state index contributed by atoms with van der Waals surface area (Å²) in [6.07, 6.45) is 4.29. The monoisotopic (exact) mass is 437 g/mol. The Morgan fingerprint density at radius 1 is 1.03 bits per heavy atom. The largest absolute Gasteiger partial charge is 0.376 e. The number of aryl methyl sites for hydroxylation is 1. The molecular weight excluding hydrogens is 402 g/mol. The summed E-state index contributed by atoms with van der Waals surface area (Å²) in [7, 11) is 0. The van der Waals surface area contributed by atoms with Crippen LogP contribution in [-0.2, 0) is 32.0 Å². The van der Waals surface area contributed by atoms with Crippen molar-refractivity contribution < 1.29 is 19.0 Å². The maximum Gasteiger partial charge on any atom is 0.226 e. The van der Waals surface area contributed by atoms with Crippen LogP contribution in [0, 0.1) is 6.92 Å². The van der Waals surface area contributed by atoms with Gasteiger partial charge in [0.05, 0.1) is 37.9 Å². The maximum absolute atomic E-state index is 12.7. The number of amides is 1. The average Bonchev–Trinajstić information content (AvgIpc) is 2.82. The van der Waals surface area contributed by atoms with E-state index < -0.39 is 0 Å². The summed E-state index contributed by atoms with van der Waals surface area (Å²) < 4.78 is 18.1. The minimum Gasteiger partial charge on any atom is -0.376 e. The van der Waals surface area contributed by atoms with E-state index in [2.05, 4.69) is 43.3 Å². The van der Waals surface area contributed by atoms with E-state index in [9.17, 15) is 4.79 Å². The van der Waals surface area contributed by atoms with Gasteiger partial charge in [0.1, 0.15) is 0 Å². The molecule has 1 amide bonds. The van der Waals surface area contributed by atoms with E-state index in [0.29, 0.717) is 26.2 Å². The third kappa shape index (κ3) is 6.41. The maximum atomic E-state index is 12.7. The summed E-state index contributed by atoms with van der Waals surface area (Å²) in [5, 5.41) is 0. The molecule has 0 N–H and O–H groups in total. The summed E-state index contributed by atoms with van der Waals surface area (Å²) >= 11 is 0. The summed E-state index contributed by atoms with van der Waals surface area (Å²) in [6.45, 7) is 6.14. The van der Waals surface area contributed by atoms with Gasteiger partial charge in [-0.1, -0.05) is 60.2 Å². The van der Waals surface area contributed by atoms with Crippen LogP contribution in [0.2, 0.25) is 0 Å². The second-order valence-corrected chi connectivity index (χ2v) is 9.10. The highest BCUT2D eigenvalue weighted by Gasteiger charge is 2.41. The quantitative estimate of drug-likeness (QED) is 0.578. The van der Waals surface area contributed by atoms with Crippen LogP contribution >= 0.6 is 0 Å². The van der Waals surface area contributed by atoms with Crippen molar-refractivity contribution in [3.05, 3.63) is 71.3 Å². The van der Waals surface area contributed by atoms with Gasteiger partial charge in [0.25, 0.3) is 0 Å². The Kier molecular flexibility index (Phi) is 7.95. The molecular formula is C27H35NO4. The van der Waals surface area contributed by atoms with E-state index in [0.717, 1.165) is 50.9 Å². The SMILES string of the molecule is Cc1ccc(CC(=O)N2CCC3(CC2)CC(OCCOCc2ccccc2)CCO3)cc1. The van der Waals surface area contributed by atoms with Crippen molar-refractivity contribution in [1.29, 1.82) is 0 Å². The third-order valence-electron chi connectivity index (χ3n) is 6.64. The number of hydrogen-bond acceptors (Lipinski definition) is 4. The molecule has 2 aliphatic heterocycles. The molecule has 4 rings (SSSR count). The highest BCUT2D eigenvalue weighted by atomic mass is 16.5. The summed E-state index contributed by atoms with van der Waals surface area (Å²) in [6, 6.07) is 18.4. The third-order valence-corrected chi connectivity index (χ3v) is 6.64. The normalized spacial score (nSPS) is 20.4. The first-order chi connectivity index (χ1) is 15.6. The minimum atomic E-state index is -0.144. The molecule has 0 radical (unpaired) electrons. The zero-order valence-electron chi connectivity index (χ0n) is 19.1. The number of rotatable bonds is 8. The smallest absolute Gasteiger partial charge is 0.226 e. The molecule has 2 saturated heterocycles. The van der Waals surface area contributed by atoms with Crippen LogP contribution in [0.25, 0.3) is 0 Å². The summed E-state index contributed by atoms with van der Waals surface area (Å²) in [5.41, 5.74) is 3.34. The van der Waals surface area contributed by atoms with Crippen molar-refractivity contribution in [2.45, 2.75) is 57.3 Å². The molecule has 2 aromatic rings. The van der Waals surface area contributed by atoms with Gasteiger partial charge < -0.3 is 19.1 Å². The molecule has 5 nitrogen and oxygen atoms in total. The van der Waals surface area contributed by atoms with Crippen LogP contribution in [0.5, 0.6) is 0 Å². The molecule has 2 aliphatic rings. The van der Waals surface area contributed by atoms with Crippen LogP contribution in [0.3, 0.4) is 0 Å². The van der Waals surface area contributed by atoms with Crippen molar-refractivity contribution >= 4 is 5.91 Å². The second-order valence-electron chi connectivity index (χ2n) is 9.10. The zero-order valence-corrected chi connectivity index (χ0v) is 19.1. The Labute approximate surface area is 191 Å². The Morgan fingerprint density at radius 3 is 2.53 bits per heavy atom. The number of carbonyl (C=O) groups excluding carboxylic acids is 1. The van der Waals surface area contributed by atoms with Gasteiger partial charge in [-0.2, -0.15) is 0 Å². The molecule has 2 aromatic carbocycles. The van der Waals surface area contributed by atoms with Crippen molar-refractivity contribution in [2.24, 2.45) is 0 Å². The molecule has 0 saturated carbocycles. The first-order valence-electron chi connectivity index (χ1n) is 11.8. The predicted octanol–water partition coefficient (Wildman–Crippen LogP) is 4.31. The molecule has 0 aromatic heterocycles. The fraction of sp³-hybridized carbons (Fsp3) is 0.519. The van der Waals surface area contributed by atoms with Crippen LogP contribution in [0.4, 0.5) is 0 Å². The highest BCUT2D eigenvalue weighted by molar-refractivity contribution is 5.78. The molecule has 2 heterocycles. The molecule has 1 unspecified atom stereocenters. The highest BCUT2D eigenvalue weighted by Crippen LogP contribution is 2.36. The van der Waals surface area contributed by atoms with Gasteiger partial charge >= 0.3 is 0 Å². The first-order valence-corrected chi connectivity index (χ1v) is 11.8. The molecule has 1 spiro atoms. The Balaban J connectivity index is 1.17. The van der Waals surface area contributed by atoms with Crippen molar-refractivity contribution in [1.82, 2.24) is 4.90 Å². The van der Waals surface area contributed by atoms with Crippen LogP contribution in [0.1, 0.15) is 42.4 Å². The fourth-order valence-corrected chi connectivity index (χ4v) is 4.67. The minimum absolute atomic E-state index is 0.144. The number of nitrogens with zero attached hydrogens (tertiary/aromatic N) is 1. The summed E-state index contributed by atoms with van der Waals surface area (Å²) in [5.74, 6) is 0.211. The lowest BCUT2D eigenvalue weighted by Crippen LogP contribution is -2.52. The number of likely N-dealkylation sites (tertiary alicyclic amines) is 1. The van der Waals surface area contributed by atoms with Crippen LogP contribution in [-0.4, -0.2) is 55.4 Å². The van der Waals surface area contributed by atoms with Crippen molar-refractivity contribution in [3.63, 3.8) is 0 Å². The molecule has 2 fully saturated rings. The molecule has 0 bridgehead atoms. The van der Waals surface area contributed by atoms with Gasteiger partial charge in [-0.15, -0.1) is 0 Å². The molecule has 0 aliphatic carbocycles. The van der Waals surface area contributed by atoms with E-state index >= 15 is 0 Å².